The van der Waals surface area contributed by atoms with E-state index in [1.807, 2.05) is 78.9 Å². The van der Waals surface area contributed by atoms with E-state index in [1.54, 1.807) is 43.4 Å². The van der Waals surface area contributed by atoms with E-state index in [4.69, 9.17) is 4.74 Å². The highest BCUT2D eigenvalue weighted by Crippen LogP contribution is 2.37. The van der Waals surface area contributed by atoms with Crippen LogP contribution in [0.2, 0.25) is 0 Å². The molecule has 10 heteroatoms. The van der Waals surface area contributed by atoms with E-state index in [2.05, 4.69) is 73.0 Å². The number of allylic oxidation sites excluding steroid dienone is 4. The number of carbonyl (C=O) groups is 3. The molecule has 7 nitrogen and oxygen atoms in total. The summed E-state index contributed by atoms with van der Waals surface area (Å²) in [5.41, 5.74) is 3.77. The van der Waals surface area contributed by atoms with Crippen LogP contribution in [0.25, 0.3) is 16.8 Å². The second kappa shape index (κ2) is 18.2. The van der Waals surface area contributed by atoms with Crippen LogP contribution in [0.3, 0.4) is 0 Å². The van der Waals surface area contributed by atoms with Gasteiger partial charge >= 0.3 is 0 Å². The van der Waals surface area contributed by atoms with Crippen molar-refractivity contribution in [3.63, 3.8) is 0 Å². The summed E-state index contributed by atoms with van der Waals surface area (Å²) in [6.45, 7) is 5.86. The molecule has 1 N–H and O–H groups in total. The average Bonchev–Trinajstić information content (AvgIpc) is 3.19. The van der Waals surface area contributed by atoms with E-state index in [0.29, 0.717) is 32.6 Å². The van der Waals surface area contributed by atoms with Crippen LogP contribution in [0.4, 0.5) is 0 Å². The van der Waals surface area contributed by atoms with Gasteiger partial charge < -0.3 is 10.1 Å². The standard InChI is InChI=1S/C44H35Br2N3O4S/c1-3-5-20-35(4-2)49-43(52)36(24-30-25-37(45)41(38(46)26-30)53-27-29-21-22-31-14-12-13-19-34(31)23-29)42(51)48-44(49)54-28-39(50)47-40(32-15-8-6-9-16-32)33-17-10-7-11-18-33/h3-26,40H,1,27-28H2,2H3,(H,47,50)/b20-5-,35-4+,36-24+. The third kappa shape index (κ3) is 9.25. The van der Waals surface area contributed by atoms with Gasteiger partial charge in [0, 0.05) is 5.70 Å². The lowest BCUT2D eigenvalue weighted by atomic mass is 9.99. The molecule has 0 unspecified atom stereocenters. The van der Waals surface area contributed by atoms with Crippen molar-refractivity contribution in [2.24, 2.45) is 4.99 Å². The molecular weight excluding hydrogens is 826 g/mol. The maximum Gasteiger partial charge on any atom is 0.285 e. The molecule has 0 atom stereocenters. The van der Waals surface area contributed by atoms with E-state index >= 15 is 0 Å². The molecule has 0 aromatic heterocycles. The molecule has 0 aliphatic carbocycles. The Morgan fingerprint density at radius 1 is 0.889 bits per heavy atom. The predicted molar refractivity (Wildman–Crippen MR) is 226 cm³/mol. The zero-order chi connectivity index (χ0) is 38.0. The lowest BCUT2D eigenvalue weighted by Crippen LogP contribution is -2.42. The first-order valence-electron chi connectivity index (χ1n) is 17.0. The van der Waals surface area contributed by atoms with Crippen LogP contribution >= 0.6 is 43.6 Å². The second-order valence-corrected chi connectivity index (χ2v) is 14.8. The van der Waals surface area contributed by atoms with Crippen LogP contribution in [0, 0.1) is 0 Å². The van der Waals surface area contributed by atoms with Crippen molar-refractivity contribution in [3.8, 4) is 5.75 Å². The van der Waals surface area contributed by atoms with Crippen molar-refractivity contribution < 1.29 is 19.1 Å². The highest BCUT2D eigenvalue weighted by Gasteiger charge is 2.35. The van der Waals surface area contributed by atoms with Crippen LogP contribution in [0.15, 0.2) is 171 Å². The largest absolute Gasteiger partial charge is 0.487 e. The van der Waals surface area contributed by atoms with Crippen molar-refractivity contribution in [3.05, 3.63) is 189 Å². The number of carbonyl (C=O) groups excluding carboxylic acids is 3. The fourth-order valence-corrected chi connectivity index (χ4v) is 8.10. The molecule has 0 fully saturated rings. The summed E-state index contributed by atoms with van der Waals surface area (Å²) in [7, 11) is 0. The van der Waals surface area contributed by atoms with Crippen molar-refractivity contribution in [2.45, 2.75) is 19.6 Å². The number of halogens is 2. The topological polar surface area (TPSA) is 88.1 Å². The molecule has 1 aliphatic rings. The Morgan fingerprint density at radius 2 is 1.52 bits per heavy atom. The first kappa shape index (κ1) is 38.4. The number of fused-ring (bicyclic) bond motifs is 1. The van der Waals surface area contributed by atoms with E-state index in [0.717, 1.165) is 39.2 Å². The third-order valence-electron chi connectivity index (χ3n) is 8.44. The van der Waals surface area contributed by atoms with Gasteiger partial charge in [0.25, 0.3) is 11.8 Å². The molecule has 0 saturated carbocycles. The summed E-state index contributed by atoms with van der Waals surface area (Å²) < 4.78 is 7.46. The number of amides is 3. The van der Waals surface area contributed by atoms with Crippen LogP contribution in [0.5, 0.6) is 5.75 Å². The molecule has 0 bridgehead atoms. The average molecular weight is 862 g/mol. The molecule has 5 aromatic carbocycles. The Hall–Kier alpha value is -5.29. The molecular formula is C44H35Br2N3O4S. The normalized spacial score (nSPS) is 14.2. The minimum Gasteiger partial charge on any atom is -0.487 e. The van der Waals surface area contributed by atoms with Crippen molar-refractivity contribution >= 4 is 83.4 Å². The van der Waals surface area contributed by atoms with Crippen molar-refractivity contribution in [2.75, 3.05) is 5.75 Å². The molecule has 6 rings (SSSR count). The minimum atomic E-state index is -0.711. The van der Waals surface area contributed by atoms with Crippen LogP contribution < -0.4 is 10.1 Å². The fourth-order valence-electron chi connectivity index (χ4n) is 5.84. The second-order valence-electron chi connectivity index (χ2n) is 12.1. The molecule has 0 spiro atoms. The first-order chi connectivity index (χ1) is 26.2. The highest BCUT2D eigenvalue weighted by molar-refractivity contribution is 9.11. The molecule has 0 saturated heterocycles. The summed E-state index contributed by atoms with van der Waals surface area (Å²) in [5, 5.41) is 5.48. The van der Waals surface area contributed by atoms with E-state index in [1.165, 1.54) is 11.0 Å². The predicted octanol–water partition coefficient (Wildman–Crippen LogP) is 10.3. The first-order valence-corrected chi connectivity index (χ1v) is 19.6. The molecule has 5 aromatic rings. The Kier molecular flexibility index (Phi) is 12.9. The van der Waals surface area contributed by atoms with Gasteiger partial charge in [0.05, 0.1) is 20.7 Å². The van der Waals surface area contributed by atoms with Crippen molar-refractivity contribution in [1.29, 1.82) is 0 Å². The summed E-state index contributed by atoms with van der Waals surface area (Å²) >= 11 is 8.23. The van der Waals surface area contributed by atoms with Crippen LogP contribution in [-0.4, -0.2) is 33.5 Å². The lowest BCUT2D eigenvalue weighted by Gasteiger charge is -2.28. The Bertz CT molecular complexity index is 2280. The van der Waals surface area contributed by atoms with Gasteiger partial charge in [-0.3, -0.25) is 19.3 Å². The summed E-state index contributed by atoms with van der Waals surface area (Å²) in [5.74, 6) is -1.08. The Morgan fingerprint density at radius 3 is 2.15 bits per heavy atom. The van der Waals surface area contributed by atoms with Gasteiger partial charge in [-0.25, -0.2) is 0 Å². The summed E-state index contributed by atoms with van der Waals surface area (Å²) in [6.07, 6.45) is 8.21. The number of amidine groups is 1. The minimum absolute atomic E-state index is 0.0894. The number of rotatable bonds is 12. The van der Waals surface area contributed by atoms with Gasteiger partial charge in [0.1, 0.15) is 17.9 Å². The lowest BCUT2D eigenvalue weighted by molar-refractivity contribution is -0.126. The molecule has 54 heavy (non-hydrogen) atoms. The zero-order valence-corrected chi connectivity index (χ0v) is 33.2. The smallest absolute Gasteiger partial charge is 0.285 e. The van der Waals surface area contributed by atoms with Crippen LogP contribution in [-0.2, 0) is 21.0 Å². The zero-order valence-electron chi connectivity index (χ0n) is 29.2. The summed E-state index contributed by atoms with van der Waals surface area (Å²) in [4.78, 5) is 46.9. The number of hydrogen-bond acceptors (Lipinski definition) is 5. The number of hydrogen-bond donors (Lipinski definition) is 1. The number of thioether (sulfide) groups is 1. The number of nitrogens with one attached hydrogen (secondary N) is 1. The molecule has 3 amide bonds. The maximum absolute atomic E-state index is 14.2. The molecule has 270 valence electrons. The number of benzene rings is 5. The fraction of sp³-hybridized carbons (Fsp3) is 0.0909. The van der Waals surface area contributed by atoms with Gasteiger partial charge in [-0.1, -0.05) is 134 Å². The summed E-state index contributed by atoms with van der Waals surface area (Å²) in [6, 6.07) is 36.9. The number of nitrogens with zero attached hydrogens (tertiary/aromatic N) is 2. The van der Waals surface area contributed by atoms with Gasteiger partial charge in [-0.15, -0.1) is 0 Å². The monoisotopic (exact) mass is 859 g/mol. The molecule has 0 radical (unpaired) electrons. The van der Waals surface area contributed by atoms with E-state index in [-0.39, 0.29) is 22.4 Å². The van der Waals surface area contributed by atoms with Crippen molar-refractivity contribution in [1.82, 2.24) is 10.2 Å². The van der Waals surface area contributed by atoms with Gasteiger partial charge in [-0.05, 0) is 102 Å². The SMILES string of the molecule is C=C/C=C\C(=C/C)N1C(=O)/C(=C/c2cc(Br)c(OCc3ccc4ccccc4c3)c(Br)c2)C(=O)N=C1SCC(=O)NC(c1ccccc1)c1ccccc1. The third-order valence-corrected chi connectivity index (χ3v) is 10.6. The van der Waals surface area contributed by atoms with Gasteiger partial charge in [0.2, 0.25) is 5.91 Å². The van der Waals surface area contributed by atoms with E-state index in [9.17, 15) is 14.4 Å². The highest BCUT2D eigenvalue weighted by atomic mass is 79.9. The number of ether oxygens (including phenoxy) is 1. The van der Waals surface area contributed by atoms with E-state index < -0.39 is 17.9 Å². The quantitative estimate of drug-likeness (QED) is 0.0767. The Labute approximate surface area is 335 Å². The molecule has 1 heterocycles. The number of aliphatic imine (C=N–C) groups is 1. The van der Waals surface area contributed by atoms with Crippen LogP contribution in [0.1, 0.15) is 35.2 Å². The molecule has 1 aliphatic heterocycles. The van der Waals surface area contributed by atoms with Gasteiger partial charge in [0.15, 0.2) is 5.17 Å². The Balaban J connectivity index is 1.23. The van der Waals surface area contributed by atoms with Gasteiger partial charge in [-0.2, -0.15) is 4.99 Å². The maximum atomic E-state index is 14.2.